The molecule has 0 spiro atoms. The molecule has 0 N–H and O–H groups in total. The van der Waals surface area contributed by atoms with Gasteiger partial charge in [-0.2, -0.15) is 0 Å². The highest BCUT2D eigenvalue weighted by atomic mass is 28.4. The number of hydrogen-bond acceptors (Lipinski definition) is 2. The molecule has 0 aromatic rings. The molecule has 0 saturated heterocycles. The second-order valence-electron chi connectivity index (χ2n) is 5.03. The minimum Gasteiger partial charge on any atom is -0.439 e. The Morgan fingerprint density at radius 3 is 1.36 bits per heavy atom. The van der Waals surface area contributed by atoms with Gasteiger partial charge in [-0.05, 0) is 44.8 Å². The molecular formula is C9H26O2Si3. The van der Waals surface area contributed by atoms with Gasteiger partial charge in [-0.1, -0.05) is 13.8 Å². The fourth-order valence-electron chi connectivity index (χ4n) is 1.09. The Balaban J connectivity index is 4.04. The monoisotopic (exact) mass is 250 g/mol. The topological polar surface area (TPSA) is 18.5 Å². The molecule has 0 bridgehead atoms. The molecule has 0 atom stereocenters. The first-order chi connectivity index (χ1) is 6.22. The molecule has 0 rings (SSSR count). The van der Waals surface area contributed by atoms with Crippen molar-refractivity contribution in [1.82, 2.24) is 0 Å². The van der Waals surface area contributed by atoms with E-state index in [4.69, 9.17) is 8.23 Å². The lowest BCUT2D eigenvalue weighted by Crippen LogP contribution is -2.43. The second kappa shape index (κ2) is 5.60. The average molecular weight is 251 g/mol. The normalized spacial score (nSPS) is 13.7. The van der Waals surface area contributed by atoms with Crippen LogP contribution in [0.2, 0.25) is 44.8 Å². The summed E-state index contributed by atoms with van der Waals surface area (Å²) < 4.78 is 12.2. The highest BCUT2D eigenvalue weighted by Gasteiger charge is 2.28. The predicted molar refractivity (Wildman–Crippen MR) is 71.1 cm³/mol. The third-order valence-electron chi connectivity index (χ3n) is 2.67. The zero-order valence-electron chi connectivity index (χ0n) is 10.8. The Morgan fingerprint density at radius 2 is 1.14 bits per heavy atom. The van der Waals surface area contributed by atoms with E-state index >= 15 is 0 Å². The van der Waals surface area contributed by atoms with Gasteiger partial charge in [0.25, 0.3) is 9.28 Å². The van der Waals surface area contributed by atoms with Gasteiger partial charge < -0.3 is 8.23 Å². The van der Waals surface area contributed by atoms with Crippen LogP contribution in [0.4, 0.5) is 0 Å². The lowest BCUT2D eigenvalue weighted by atomic mass is 11.0. The predicted octanol–water partition coefficient (Wildman–Crippen LogP) is 3.32. The lowest BCUT2D eigenvalue weighted by Gasteiger charge is -2.31. The van der Waals surface area contributed by atoms with Gasteiger partial charge in [-0.3, -0.25) is 0 Å². The molecule has 0 radical (unpaired) electrons. The van der Waals surface area contributed by atoms with Crippen molar-refractivity contribution in [3.05, 3.63) is 0 Å². The van der Waals surface area contributed by atoms with Crippen LogP contribution in [0.1, 0.15) is 13.8 Å². The minimum atomic E-state index is -1.39. The first-order valence-corrected chi connectivity index (χ1v) is 13.9. The van der Waals surface area contributed by atoms with Crippen LogP contribution in [0, 0.1) is 0 Å². The molecule has 5 heteroatoms. The quantitative estimate of drug-likeness (QED) is 0.673. The Morgan fingerprint density at radius 1 is 0.857 bits per heavy atom. The summed E-state index contributed by atoms with van der Waals surface area (Å²) in [5.74, 6) is 0. The molecule has 0 aliphatic carbocycles. The van der Waals surface area contributed by atoms with Gasteiger partial charge >= 0.3 is 0 Å². The highest BCUT2D eigenvalue weighted by molar-refractivity contribution is 6.81. The van der Waals surface area contributed by atoms with Gasteiger partial charge in [0.2, 0.25) is 0 Å². The summed E-state index contributed by atoms with van der Waals surface area (Å²) in [4.78, 5) is 0. The average Bonchev–Trinajstić information content (AvgIpc) is 2.02. The second-order valence-corrected chi connectivity index (χ2v) is 16.5. The molecular weight excluding hydrogens is 224 g/mol. The fraction of sp³-hybridized carbons (Fsp3) is 1.00. The van der Waals surface area contributed by atoms with Crippen molar-refractivity contribution in [3.63, 3.8) is 0 Å². The zero-order chi connectivity index (χ0) is 11.4. The third kappa shape index (κ3) is 6.13. The maximum atomic E-state index is 6.11. The summed E-state index contributed by atoms with van der Waals surface area (Å²) in [7, 11) is -4.15. The minimum absolute atomic E-state index is 1.18. The van der Waals surface area contributed by atoms with Crippen molar-refractivity contribution in [3.8, 4) is 0 Å². The van der Waals surface area contributed by atoms with Crippen LogP contribution in [0.15, 0.2) is 0 Å². The van der Waals surface area contributed by atoms with E-state index in [1.807, 2.05) is 0 Å². The van der Waals surface area contributed by atoms with E-state index in [9.17, 15) is 0 Å². The molecule has 0 heterocycles. The molecule has 2 nitrogen and oxygen atoms in total. The number of rotatable bonds is 6. The van der Waals surface area contributed by atoms with Gasteiger partial charge in [0.1, 0.15) is 0 Å². The molecule has 86 valence electrons. The van der Waals surface area contributed by atoms with Crippen molar-refractivity contribution >= 4 is 25.9 Å². The molecule has 0 aromatic heterocycles. The van der Waals surface area contributed by atoms with Crippen molar-refractivity contribution in [2.75, 3.05) is 0 Å². The van der Waals surface area contributed by atoms with Crippen LogP contribution in [-0.2, 0) is 8.23 Å². The summed E-state index contributed by atoms with van der Waals surface area (Å²) in [5.41, 5.74) is 0. The maximum Gasteiger partial charge on any atom is 0.297 e. The first-order valence-electron chi connectivity index (χ1n) is 5.58. The van der Waals surface area contributed by atoms with E-state index < -0.39 is 25.9 Å². The largest absolute Gasteiger partial charge is 0.439 e. The van der Waals surface area contributed by atoms with Gasteiger partial charge in [0.05, 0.1) is 0 Å². The molecule has 14 heavy (non-hydrogen) atoms. The van der Waals surface area contributed by atoms with Crippen LogP contribution in [0.3, 0.4) is 0 Å². The van der Waals surface area contributed by atoms with Crippen molar-refractivity contribution in [1.29, 1.82) is 0 Å². The van der Waals surface area contributed by atoms with Gasteiger partial charge in [-0.15, -0.1) is 0 Å². The van der Waals surface area contributed by atoms with E-state index in [1.165, 1.54) is 12.1 Å². The molecule has 0 fully saturated rings. The van der Waals surface area contributed by atoms with E-state index in [2.05, 4.69) is 46.6 Å². The number of hydrogen-bond donors (Lipinski definition) is 0. The smallest absolute Gasteiger partial charge is 0.297 e. The van der Waals surface area contributed by atoms with Gasteiger partial charge in [-0.25, -0.2) is 0 Å². The molecule has 0 saturated carbocycles. The lowest BCUT2D eigenvalue weighted by molar-refractivity contribution is 0.421. The van der Waals surface area contributed by atoms with E-state index in [0.29, 0.717) is 0 Å². The van der Waals surface area contributed by atoms with E-state index in [-0.39, 0.29) is 0 Å². The molecule has 0 aliphatic heterocycles. The van der Waals surface area contributed by atoms with Gasteiger partial charge in [0.15, 0.2) is 16.6 Å². The zero-order valence-corrected chi connectivity index (χ0v) is 14.0. The Hall–Kier alpha value is 0.571. The summed E-state index contributed by atoms with van der Waals surface area (Å²) in [5, 5.41) is 0. The Bertz CT molecular complexity index is 153. The van der Waals surface area contributed by atoms with E-state index in [0.717, 1.165) is 0 Å². The summed E-state index contributed by atoms with van der Waals surface area (Å²) in [6.45, 7) is 15.7. The summed E-state index contributed by atoms with van der Waals surface area (Å²) >= 11 is 0. The van der Waals surface area contributed by atoms with Crippen LogP contribution < -0.4 is 0 Å². The van der Waals surface area contributed by atoms with Crippen LogP contribution in [-0.4, -0.2) is 25.9 Å². The summed E-state index contributed by atoms with van der Waals surface area (Å²) in [6, 6.07) is 2.36. The molecule has 0 amide bonds. The fourth-order valence-corrected chi connectivity index (χ4v) is 10.2. The van der Waals surface area contributed by atoms with Crippen LogP contribution in [0.25, 0.3) is 0 Å². The SMILES string of the molecule is CC[Si](C)(C)O[SiH](C)O[Si](C)(C)CC. The molecule has 0 unspecified atom stereocenters. The summed E-state index contributed by atoms with van der Waals surface area (Å²) in [6.07, 6.45) is 0. The van der Waals surface area contributed by atoms with E-state index in [1.54, 1.807) is 0 Å². The molecule has 0 aliphatic rings. The first kappa shape index (κ1) is 14.6. The highest BCUT2D eigenvalue weighted by Crippen LogP contribution is 2.16. The van der Waals surface area contributed by atoms with Crippen molar-refractivity contribution < 1.29 is 8.23 Å². The van der Waals surface area contributed by atoms with Crippen LogP contribution >= 0.6 is 0 Å². The van der Waals surface area contributed by atoms with Crippen LogP contribution in [0.5, 0.6) is 0 Å². The van der Waals surface area contributed by atoms with Gasteiger partial charge in [0, 0.05) is 0 Å². The standard InChI is InChI=1S/C9H26O2Si3/c1-8-13(4,5)10-12(3)11-14(6,7)9-2/h12H,8-9H2,1-7H3. The van der Waals surface area contributed by atoms with Crippen molar-refractivity contribution in [2.45, 2.75) is 58.7 Å². The Kier molecular flexibility index (Phi) is 5.83. The maximum absolute atomic E-state index is 6.11. The third-order valence-corrected chi connectivity index (χ3v) is 13.8. The Labute approximate surface area is 93.1 Å². The van der Waals surface area contributed by atoms with Crippen molar-refractivity contribution in [2.24, 2.45) is 0 Å². The molecule has 0 aromatic carbocycles.